The van der Waals surface area contributed by atoms with Gasteiger partial charge in [-0.25, -0.2) is 9.97 Å². The van der Waals surface area contributed by atoms with E-state index in [-0.39, 0.29) is 24.5 Å². The van der Waals surface area contributed by atoms with E-state index in [0.29, 0.717) is 11.4 Å². The molecular weight excluding hydrogens is 256 g/mol. The van der Waals surface area contributed by atoms with Crippen LogP contribution in [-0.4, -0.2) is 38.2 Å². The lowest BCUT2D eigenvalue weighted by molar-refractivity contribution is 0.0896. The van der Waals surface area contributed by atoms with Gasteiger partial charge in [0.15, 0.2) is 0 Å². The molecule has 2 rings (SSSR count). The second-order valence-corrected chi connectivity index (χ2v) is 4.88. The summed E-state index contributed by atoms with van der Waals surface area (Å²) in [4.78, 5) is 20.2. The second-order valence-electron chi connectivity index (χ2n) is 4.88. The predicted molar refractivity (Wildman–Crippen MR) is 74.5 cm³/mol. The molecule has 6 nitrogen and oxygen atoms in total. The zero-order valence-corrected chi connectivity index (χ0v) is 11.5. The normalized spacial score (nSPS) is 12.4. The minimum atomic E-state index is -0.254. The van der Waals surface area contributed by atoms with Crippen LogP contribution in [0.25, 0.3) is 5.82 Å². The molecule has 0 spiro atoms. The number of aliphatic hydroxyl groups excluding tert-OH is 1. The molecule has 0 saturated carbocycles. The highest BCUT2D eigenvalue weighted by atomic mass is 16.3. The van der Waals surface area contributed by atoms with Crippen LogP contribution in [-0.2, 0) is 0 Å². The number of aromatic nitrogens is 3. The van der Waals surface area contributed by atoms with Crippen molar-refractivity contribution in [1.82, 2.24) is 19.9 Å². The van der Waals surface area contributed by atoms with Crippen molar-refractivity contribution in [1.29, 1.82) is 0 Å². The lowest BCUT2D eigenvalue weighted by Crippen LogP contribution is -2.41. The molecule has 6 heteroatoms. The minimum absolute atomic E-state index is 0.0794. The predicted octanol–water partition coefficient (Wildman–Crippen LogP) is 1.01. The summed E-state index contributed by atoms with van der Waals surface area (Å²) in [5.41, 5.74) is 0.466. The van der Waals surface area contributed by atoms with Gasteiger partial charge in [0, 0.05) is 18.6 Å². The smallest absolute Gasteiger partial charge is 0.253 e. The van der Waals surface area contributed by atoms with Crippen LogP contribution in [0.15, 0.2) is 37.1 Å². The largest absolute Gasteiger partial charge is 0.394 e. The zero-order valence-electron chi connectivity index (χ0n) is 11.5. The van der Waals surface area contributed by atoms with E-state index in [1.807, 2.05) is 13.8 Å². The molecule has 2 aromatic heterocycles. The van der Waals surface area contributed by atoms with Crippen LogP contribution in [0.3, 0.4) is 0 Å². The minimum Gasteiger partial charge on any atom is -0.394 e. The van der Waals surface area contributed by atoms with E-state index in [1.54, 1.807) is 35.4 Å². The maximum Gasteiger partial charge on any atom is 0.253 e. The Labute approximate surface area is 117 Å². The molecule has 1 unspecified atom stereocenters. The van der Waals surface area contributed by atoms with Gasteiger partial charge >= 0.3 is 0 Å². The zero-order chi connectivity index (χ0) is 14.5. The highest BCUT2D eigenvalue weighted by Gasteiger charge is 2.16. The van der Waals surface area contributed by atoms with Gasteiger partial charge < -0.3 is 10.4 Å². The summed E-state index contributed by atoms with van der Waals surface area (Å²) in [6.45, 7) is 3.81. The molecule has 0 aliphatic carbocycles. The fourth-order valence-electron chi connectivity index (χ4n) is 1.74. The maximum absolute atomic E-state index is 12.0. The van der Waals surface area contributed by atoms with Crippen molar-refractivity contribution >= 4 is 5.91 Å². The topological polar surface area (TPSA) is 80.0 Å². The first-order chi connectivity index (χ1) is 9.61. The molecule has 0 bridgehead atoms. The molecule has 2 aromatic rings. The fourth-order valence-corrected chi connectivity index (χ4v) is 1.74. The Bertz CT molecular complexity index is 549. The Morgan fingerprint density at radius 3 is 2.75 bits per heavy atom. The molecule has 2 N–H and O–H groups in total. The van der Waals surface area contributed by atoms with Crippen molar-refractivity contribution < 1.29 is 9.90 Å². The number of nitrogens with one attached hydrogen (secondary N) is 1. The first-order valence-electron chi connectivity index (χ1n) is 6.48. The summed E-state index contributed by atoms with van der Waals surface area (Å²) in [6.07, 6.45) is 6.60. The average Bonchev–Trinajstić information content (AvgIpc) is 2.98. The number of carbonyl (C=O) groups is 1. The Kier molecular flexibility index (Phi) is 4.47. The second kappa shape index (κ2) is 6.29. The third-order valence-corrected chi connectivity index (χ3v) is 3.10. The van der Waals surface area contributed by atoms with Gasteiger partial charge in [-0.05, 0) is 18.1 Å². The number of hydrogen-bond donors (Lipinski definition) is 2. The molecule has 106 valence electrons. The molecule has 1 atom stereocenters. The number of imidazole rings is 1. The van der Waals surface area contributed by atoms with Crippen molar-refractivity contribution in [3.8, 4) is 5.82 Å². The van der Waals surface area contributed by atoms with Gasteiger partial charge in [-0.1, -0.05) is 13.8 Å². The Morgan fingerprint density at radius 2 is 2.25 bits per heavy atom. The summed E-state index contributed by atoms with van der Waals surface area (Å²) in [6, 6.07) is 3.20. The van der Waals surface area contributed by atoms with Crippen molar-refractivity contribution in [2.75, 3.05) is 6.61 Å². The average molecular weight is 274 g/mol. The number of hydrogen-bond acceptors (Lipinski definition) is 4. The number of rotatable bonds is 5. The van der Waals surface area contributed by atoms with Gasteiger partial charge in [0.1, 0.15) is 12.1 Å². The first-order valence-corrected chi connectivity index (χ1v) is 6.48. The molecule has 0 saturated heterocycles. The number of amides is 1. The van der Waals surface area contributed by atoms with Crippen LogP contribution in [0.5, 0.6) is 0 Å². The Hall–Kier alpha value is -2.21. The van der Waals surface area contributed by atoms with Crippen LogP contribution in [0, 0.1) is 5.92 Å². The molecular formula is C14H18N4O2. The van der Waals surface area contributed by atoms with E-state index in [0.717, 1.165) is 0 Å². The summed E-state index contributed by atoms with van der Waals surface area (Å²) in [7, 11) is 0. The quantitative estimate of drug-likeness (QED) is 0.853. The number of carbonyl (C=O) groups excluding carboxylic acids is 1. The number of pyridine rings is 1. The Morgan fingerprint density at radius 1 is 1.45 bits per heavy atom. The van der Waals surface area contributed by atoms with Crippen molar-refractivity contribution in [2.24, 2.45) is 5.92 Å². The molecule has 20 heavy (non-hydrogen) atoms. The van der Waals surface area contributed by atoms with Crippen LogP contribution in [0.2, 0.25) is 0 Å². The van der Waals surface area contributed by atoms with Gasteiger partial charge in [-0.2, -0.15) is 0 Å². The van der Waals surface area contributed by atoms with E-state index in [1.165, 1.54) is 6.20 Å². The van der Waals surface area contributed by atoms with Gasteiger partial charge in [-0.15, -0.1) is 0 Å². The first kappa shape index (κ1) is 14.2. The van der Waals surface area contributed by atoms with E-state index in [2.05, 4.69) is 15.3 Å². The van der Waals surface area contributed by atoms with Gasteiger partial charge in [0.05, 0.1) is 18.2 Å². The summed E-state index contributed by atoms with van der Waals surface area (Å²) in [5, 5.41) is 12.0. The lowest BCUT2D eigenvalue weighted by Gasteiger charge is -2.19. The standard InChI is InChI=1S/C14H18N4O2/c1-10(2)12(8-19)17-14(20)11-3-4-13(16-7-11)18-6-5-15-9-18/h3-7,9-10,12,19H,8H2,1-2H3,(H,17,20). The summed E-state index contributed by atoms with van der Waals surface area (Å²) < 4.78 is 1.76. The van der Waals surface area contributed by atoms with Gasteiger partial charge in [0.2, 0.25) is 0 Å². The van der Waals surface area contributed by atoms with E-state index < -0.39 is 0 Å². The van der Waals surface area contributed by atoms with E-state index >= 15 is 0 Å². The number of aliphatic hydroxyl groups is 1. The molecule has 0 aliphatic rings. The van der Waals surface area contributed by atoms with Crippen molar-refractivity contribution in [2.45, 2.75) is 19.9 Å². The third kappa shape index (κ3) is 3.21. The molecule has 2 heterocycles. The SMILES string of the molecule is CC(C)C(CO)NC(=O)c1ccc(-n2ccnc2)nc1. The van der Waals surface area contributed by atoms with Crippen LogP contribution < -0.4 is 5.32 Å². The Balaban J connectivity index is 2.08. The van der Waals surface area contributed by atoms with Crippen LogP contribution in [0.4, 0.5) is 0 Å². The molecule has 0 radical (unpaired) electrons. The number of nitrogens with zero attached hydrogens (tertiary/aromatic N) is 3. The van der Waals surface area contributed by atoms with Gasteiger partial charge in [-0.3, -0.25) is 9.36 Å². The summed E-state index contributed by atoms with van der Waals surface area (Å²) in [5.74, 6) is 0.631. The van der Waals surface area contributed by atoms with Gasteiger partial charge in [0.25, 0.3) is 5.91 Å². The van der Waals surface area contributed by atoms with Crippen molar-refractivity contribution in [3.05, 3.63) is 42.6 Å². The summed E-state index contributed by atoms with van der Waals surface area (Å²) >= 11 is 0. The van der Waals surface area contributed by atoms with Crippen LogP contribution in [0.1, 0.15) is 24.2 Å². The fraction of sp³-hybridized carbons (Fsp3) is 0.357. The highest BCUT2D eigenvalue weighted by molar-refractivity contribution is 5.94. The van der Waals surface area contributed by atoms with Crippen LogP contribution >= 0.6 is 0 Å². The van der Waals surface area contributed by atoms with Crippen molar-refractivity contribution in [3.63, 3.8) is 0 Å². The highest BCUT2D eigenvalue weighted by Crippen LogP contribution is 2.07. The third-order valence-electron chi connectivity index (χ3n) is 3.10. The molecule has 0 aromatic carbocycles. The molecule has 0 aliphatic heterocycles. The maximum atomic E-state index is 12.0. The van der Waals surface area contributed by atoms with E-state index in [9.17, 15) is 9.90 Å². The molecule has 0 fully saturated rings. The van der Waals surface area contributed by atoms with E-state index in [4.69, 9.17) is 0 Å². The molecule has 1 amide bonds. The lowest BCUT2D eigenvalue weighted by atomic mass is 10.1. The monoisotopic (exact) mass is 274 g/mol.